The minimum atomic E-state index is -0.901. The van der Waals surface area contributed by atoms with E-state index in [1.807, 2.05) is 0 Å². The van der Waals surface area contributed by atoms with E-state index < -0.39 is 30.1 Å². The second-order valence-electron chi connectivity index (χ2n) is 6.57. The number of rotatable bonds is 8. The molecular weight excluding hydrogens is 420 g/mol. The molecule has 0 spiro atoms. The van der Waals surface area contributed by atoms with Crippen LogP contribution in [0.15, 0.2) is 30.3 Å². The van der Waals surface area contributed by atoms with Gasteiger partial charge in [-0.15, -0.1) is 0 Å². The number of methoxy groups -OCH3 is 3. The summed E-state index contributed by atoms with van der Waals surface area (Å²) in [6.45, 7) is 1.37. The summed E-state index contributed by atoms with van der Waals surface area (Å²) in [7, 11) is 4.10. The molecule has 10 nitrogen and oxygen atoms in total. The average molecular weight is 442 g/mol. The number of anilines is 2. The van der Waals surface area contributed by atoms with Gasteiger partial charge in [0.2, 0.25) is 11.7 Å². The molecule has 0 saturated heterocycles. The van der Waals surface area contributed by atoms with Crippen LogP contribution in [-0.4, -0.2) is 58.0 Å². The van der Waals surface area contributed by atoms with Crippen molar-refractivity contribution in [2.45, 2.75) is 6.92 Å². The SMILES string of the molecule is CCOC(=O)c1ccccc1NC(=O)CN1C(=O)C(=O)c2c1cc(OC)c(OC)c2OC. The van der Waals surface area contributed by atoms with Crippen molar-refractivity contribution in [3.8, 4) is 17.2 Å². The largest absolute Gasteiger partial charge is 0.493 e. The normalized spacial score (nSPS) is 12.3. The fourth-order valence-electron chi connectivity index (χ4n) is 3.38. The minimum Gasteiger partial charge on any atom is -0.493 e. The monoisotopic (exact) mass is 442 g/mol. The van der Waals surface area contributed by atoms with Crippen molar-refractivity contribution >= 4 is 34.9 Å². The minimum absolute atomic E-state index is 0.0186. The molecule has 0 aliphatic carbocycles. The molecule has 2 aromatic rings. The van der Waals surface area contributed by atoms with Crippen LogP contribution in [-0.2, 0) is 14.3 Å². The summed E-state index contributed by atoms with van der Waals surface area (Å²) in [6.07, 6.45) is 0. The molecule has 0 aromatic heterocycles. The number of nitrogens with one attached hydrogen (secondary N) is 1. The van der Waals surface area contributed by atoms with Gasteiger partial charge in [-0.05, 0) is 19.1 Å². The fraction of sp³-hybridized carbons (Fsp3) is 0.273. The lowest BCUT2D eigenvalue weighted by Gasteiger charge is -2.19. The van der Waals surface area contributed by atoms with Crippen LogP contribution >= 0.6 is 0 Å². The maximum absolute atomic E-state index is 12.7. The number of carbonyl (C=O) groups is 4. The average Bonchev–Trinajstić information content (AvgIpc) is 3.02. The fourth-order valence-corrected chi connectivity index (χ4v) is 3.38. The Morgan fingerprint density at radius 3 is 2.31 bits per heavy atom. The van der Waals surface area contributed by atoms with Crippen LogP contribution in [0.3, 0.4) is 0 Å². The third-order valence-electron chi connectivity index (χ3n) is 4.76. The lowest BCUT2D eigenvalue weighted by atomic mass is 10.1. The number of nitrogens with zero attached hydrogens (tertiary/aromatic N) is 1. The molecule has 32 heavy (non-hydrogen) atoms. The molecule has 1 heterocycles. The molecule has 0 fully saturated rings. The van der Waals surface area contributed by atoms with E-state index in [0.717, 1.165) is 4.90 Å². The smallest absolute Gasteiger partial charge is 0.340 e. The molecule has 1 aliphatic heterocycles. The lowest BCUT2D eigenvalue weighted by molar-refractivity contribution is -0.118. The summed E-state index contributed by atoms with van der Waals surface area (Å²) < 4.78 is 20.8. The maximum Gasteiger partial charge on any atom is 0.340 e. The molecule has 0 bridgehead atoms. The van der Waals surface area contributed by atoms with E-state index in [-0.39, 0.29) is 46.4 Å². The molecule has 2 amide bonds. The van der Waals surface area contributed by atoms with Crippen LogP contribution in [0.25, 0.3) is 0 Å². The highest BCUT2D eigenvalue weighted by Gasteiger charge is 2.42. The summed E-state index contributed by atoms with van der Waals surface area (Å²) in [6, 6.07) is 7.74. The molecule has 168 valence electrons. The van der Waals surface area contributed by atoms with Crippen molar-refractivity contribution in [3.05, 3.63) is 41.5 Å². The number of ketones is 1. The van der Waals surface area contributed by atoms with Crippen molar-refractivity contribution in [3.63, 3.8) is 0 Å². The zero-order valence-corrected chi connectivity index (χ0v) is 18.0. The molecule has 0 radical (unpaired) electrons. The number of Topliss-reactive ketones (excluding diaryl/α,β-unsaturated/α-hetero) is 1. The van der Waals surface area contributed by atoms with E-state index in [4.69, 9.17) is 18.9 Å². The van der Waals surface area contributed by atoms with Gasteiger partial charge in [0.15, 0.2) is 11.5 Å². The topological polar surface area (TPSA) is 120 Å². The summed E-state index contributed by atoms with van der Waals surface area (Å²) in [4.78, 5) is 51.2. The number of hydrogen-bond donors (Lipinski definition) is 1. The highest BCUT2D eigenvalue weighted by atomic mass is 16.5. The zero-order chi connectivity index (χ0) is 23.4. The van der Waals surface area contributed by atoms with Gasteiger partial charge in [-0.3, -0.25) is 19.3 Å². The Bertz CT molecular complexity index is 1100. The van der Waals surface area contributed by atoms with E-state index >= 15 is 0 Å². The van der Waals surface area contributed by atoms with E-state index in [2.05, 4.69) is 5.32 Å². The first-order chi connectivity index (χ1) is 15.4. The Hall–Kier alpha value is -4.08. The van der Waals surface area contributed by atoms with Crippen molar-refractivity contribution in [2.24, 2.45) is 0 Å². The van der Waals surface area contributed by atoms with Gasteiger partial charge in [-0.1, -0.05) is 12.1 Å². The number of ether oxygens (including phenoxy) is 4. The molecule has 1 aliphatic rings. The quantitative estimate of drug-likeness (QED) is 0.487. The van der Waals surface area contributed by atoms with Crippen LogP contribution in [0.2, 0.25) is 0 Å². The third-order valence-corrected chi connectivity index (χ3v) is 4.76. The Morgan fingerprint density at radius 1 is 1.00 bits per heavy atom. The summed E-state index contributed by atoms with van der Waals surface area (Å²) in [5.74, 6) is -2.53. The van der Waals surface area contributed by atoms with Gasteiger partial charge in [0, 0.05) is 6.07 Å². The Morgan fingerprint density at radius 2 is 1.69 bits per heavy atom. The summed E-state index contributed by atoms with van der Waals surface area (Å²) >= 11 is 0. The lowest BCUT2D eigenvalue weighted by Crippen LogP contribution is -2.37. The first-order valence-corrected chi connectivity index (χ1v) is 9.63. The molecule has 10 heteroatoms. The Kier molecular flexibility index (Phi) is 6.62. The molecule has 0 unspecified atom stereocenters. The van der Waals surface area contributed by atoms with Crippen LogP contribution in [0.4, 0.5) is 11.4 Å². The predicted molar refractivity (Wildman–Crippen MR) is 114 cm³/mol. The van der Waals surface area contributed by atoms with Crippen LogP contribution in [0, 0.1) is 0 Å². The van der Waals surface area contributed by atoms with Gasteiger partial charge in [-0.25, -0.2) is 4.79 Å². The van der Waals surface area contributed by atoms with Gasteiger partial charge in [0.05, 0.1) is 50.4 Å². The van der Waals surface area contributed by atoms with Crippen molar-refractivity contribution < 1.29 is 38.1 Å². The second kappa shape index (κ2) is 9.38. The summed E-state index contributed by atoms with van der Waals surface area (Å²) in [5.41, 5.74) is 0.525. The zero-order valence-electron chi connectivity index (χ0n) is 18.0. The van der Waals surface area contributed by atoms with E-state index in [0.29, 0.717) is 0 Å². The molecule has 3 rings (SSSR count). The van der Waals surface area contributed by atoms with Crippen LogP contribution < -0.4 is 24.4 Å². The Labute approximate surface area is 184 Å². The van der Waals surface area contributed by atoms with E-state index in [1.165, 1.54) is 39.5 Å². The molecule has 1 N–H and O–H groups in total. The van der Waals surface area contributed by atoms with Crippen molar-refractivity contribution in [2.75, 3.05) is 44.7 Å². The van der Waals surface area contributed by atoms with Gasteiger partial charge in [-0.2, -0.15) is 0 Å². The third kappa shape index (κ3) is 3.94. The van der Waals surface area contributed by atoms with Crippen molar-refractivity contribution in [1.29, 1.82) is 0 Å². The highest BCUT2D eigenvalue weighted by molar-refractivity contribution is 6.53. The van der Waals surface area contributed by atoms with Crippen LogP contribution in [0.1, 0.15) is 27.6 Å². The summed E-state index contributed by atoms with van der Waals surface area (Å²) in [5, 5.41) is 2.59. The maximum atomic E-state index is 12.7. The number of benzene rings is 2. The van der Waals surface area contributed by atoms with Gasteiger partial charge < -0.3 is 24.3 Å². The number of esters is 1. The van der Waals surface area contributed by atoms with Gasteiger partial charge in [0.1, 0.15) is 6.54 Å². The molecular formula is C22H22N2O8. The highest BCUT2D eigenvalue weighted by Crippen LogP contribution is 2.47. The van der Waals surface area contributed by atoms with E-state index in [9.17, 15) is 19.2 Å². The molecule has 0 atom stereocenters. The van der Waals surface area contributed by atoms with Gasteiger partial charge >= 0.3 is 5.97 Å². The Balaban J connectivity index is 1.92. The van der Waals surface area contributed by atoms with Crippen LogP contribution in [0.5, 0.6) is 17.2 Å². The number of amides is 2. The van der Waals surface area contributed by atoms with Gasteiger partial charge in [0.25, 0.3) is 11.7 Å². The number of hydrogen-bond acceptors (Lipinski definition) is 8. The standard InChI is InChI=1S/C22H22N2O8/c1-5-32-22(28)12-8-6-7-9-13(12)23-16(25)11-24-14-10-15(29-2)19(30-3)20(31-4)17(14)18(26)21(24)27/h6-10H,5,11H2,1-4H3,(H,23,25). The first kappa shape index (κ1) is 22.6. The molecule has 2 aromatic carbocycles. The van der Waals surface area contributed by atoms with E-state index in [1.54, 1.807) is 19.1 Å². The predicted octanol–water partition coefficient (Wildman–Crippen LogP) is 2.06. The number of carbonyl (C=O) groups excluding carboxylic acids is 4. The number of fused-ring (bicyclic) bond motifs is 1. The first-order valence-electron chi connectivity index (χ1n) is 9.63. The number of para-hydroxylation sites is 1. The van der Waals surface area contributed by atoms with Crippen molar-refractivity contribution in [1.82, 2.24) is 0 Å². The molecule has 0 saturated carbocycles. The second-order valence-corrected chi connectivity index (χ2v) is 6.57.